The number of nitrogens with one attached hydrogen (secondary N) is 1. The minimum Gasteiger partial charge on any atom is -0.382 e. The Bertz CT molecular complexity index is 117. The van der Waals surface area contributed by atoms with E-state index < -0.39 is 0 Å². The van der Waals surface area contributed by atoms with Gasteiger partial charge in [0.05, 0.1) is 6.10 Å². The summed E-state index contributed by atoms with van der Waals surface area (Å²) in [6, 6.07) is 0.333. The van der Waals surface area contributed by atoms with E-state index in [4.69, 9.17) is 10.6 Å². The lowest BCUT2D eigenvalue weighted by molar-refractivity contribution is 0.106. The Kier molecular flexibility index (Phi) is 7.05. The van der Waals surface area contributed by atoms with Gasteiger partial charge in [-0.25, -0.2) is 0 Å². The van der Waals surface area contributed by atoms with Gasteiger partial charge in [-0.05, 0) is 26.2 Å². The maximum atomic E-state index is 5.35. The Morgan fingerprint density at radius 3 is 2.67 bits per heavy atom. The van der Waals surface area contributed by atoms with Crippen LogP contribution >= 0.6 is 0 Å². The molecule has 0 aromatic heterocycles. The molecule has 0 saturated heterocycles. The molecule has 0 bridgehead atoms. The van der Waals surface area contributed by atoms with Crippen molar-refractivity contribution < 1.29 is 4.74 Å². The van der Waals surface area contributed by atoms with E-state index in [1.165, 1.54) is 0 Å². The summed E-state index contributed by atoms with van der Waals surface area (Å²) < 4.78 is 5.13. The van der Waals surface area contributed by atoms with Crippen LogP contribution in [-0.4, -0.2) is 19.3 Å². The van der Waals surface area contributed by atoms with E-state index in [0.29, 0.717) is 12.1 Å². The summed E-state index contributed by atoms with van der Waals surface area (Å²) in [7, 11) is 1.73. The molecule has 0 aromatic rings. The molecule has 0 amide bonds. The van der Waals surface area contributed by atoms with Crippen LogP contribution in [-0.2, 0) is 4.74 Å². The fourth-order valence-corrected chi connectivity index (χ4v) is 1.02. The smallest absolute Gasteiger partial charge is 0.0543 e. The zero-order chi connectivity index (χ0) is 9.40. The summed E-state index contributed by atoms with van der Waals surface area (Å²) in [5.74, 6) is 5.35. The van der Waals surface area contributed by atoms with Gasteiger partial charge in [-0.1, -0.05) is 6.08 Å². The third kappa shape index (κ3) is 5.29. The van der Waals surface area contributed by atoms with Crippen LogP contribution in [0.5, 0.6) is 0 Å². The van der Waals surface area contributed by atoms with E-state index in [9.17, 15) is 0 Å². The van der Waals surface area contributed by atoms with E-state index in [0.717, 1.165) is 19.3 Å². The number of nitrogens with two attached hydrogens (primary N) is 1. The van der Waals surface area contributed by atoms with Crippen molar-refractivity contribution in [1.29, 1.82) is 0 Å². The topological polar surface area (TPSA) is 47.3 Å². The molecule has 2 atom stereocenters. The van der Waals surface area contributed by atoms with E-state index >= 15 is 0 Å². The minimum absolute atomic E-state index is 0.311. The van der Waals surface area contributed by atoms with Crippen molar-refractivity contribution in [2.45, 2.75) is 38.3 Å². The average Bonchev–Trinajstić information content (AvgIpc) is 2.11. The van der Waals surface area contributed by atoms with Gasteiger partial charge in [0, 0.05) is 13.2 Å². The highest BCUT2D eigenvalue weighted by Gasteiger charge is 2.06. The molecular formula is C9H20N2O. The van der Waals surface area contributed by atoms with Gasteiger partial charge < -0.3 is 4.74 Å². The molecule has 0 saturated carbocycles. The predicted octanol–water partition coefficient (Wildman–Crippen LogP) is 1.21. The van der Waals surface area contributed by atoms with E-state index in [2.05, 4.69) is 18.9 Å². The molecule has 0 aromatic carbocycles. The lowest BCUT2D eigenvalue weighted by Crippen LogP contribution is -2.35. The van der Waals surface area contributed by atoms with Crippen LogP contribution in [0.15, 0.2) is 12.7 Å². The molecule has 0 aliphatic carbocycles. The van der Waals surface area contributed by atoms with Gasteiger partial charge in [-0.3, -0.25) is 11.3 Å². The highest BCUT2D eigenvalue weighted by molar-refractivity contribution is 4.76. The highest BCUT2D eigenvalue weighted by atomic mass is 16.5. The molecule has 72 valence electrons. The van der Waals surface area contributed by atoms with Crippen molar-refractivity contribution in [2.24, 2.45) is 5.84 Å². The Labute approximate surface area is 74.9 Å². The van der Waals surface area contributed by atoms with Crippen molar-refractivity contribution in [3.63, 3.8) is 0 Å². The lowest BCUT2D eigenvalue weighted by atomic mass is 10.1. The van der Waals surface area contributed by atoms with Crippen LogP contribution in [0.25, 0.3) is 0 Å². The summed E-state index contributed by atoms with van der Waals surface area (Å²) in [6.07, 6.45) is 5.15. The quantitative estimate of drug-likeness (QED) is 0.345. The predicted molar refractivity (Wildman–Crippen MR) is 51.6 cm³/mol. The first kappa shape index (κ1) is 11.6. The second-order valence-corrected chi connectivity index (χ2v) is 3.01. The van der Waals surface area contributed by atoms with Gasteiger partial charge in [0.2, 0.25) is 0 Å². The fourth-order valence-electron chi connectivity index (χ4n) is 1.02. The number of ether oxygens (including phenoxy) is 1. The van der Waals surface area contributed by atoms with Crippen molar-refractivity contribution in [3.8, 4) is 0 Å². The fraction of sp³-hybridized carbons (Fsp3) is 0.778. The number of hydrogen-bond donors (Lipinski definition) is 2. The number of hydrogen-bond acceptors (Lipinski definition) is 3. The van der Waals surface area contributed by atoms with Crippen LogP contribution in [0.1, 0.15) is 26.2 Å². The Morgan fingerprint density at radius 2 is 2.25 bits per heavy atom. The molecule has 0 rings (SSSR count). The van der Waals surface area contributed by atoms with Crippen LogP contribution in [0.4, 0.5) is 0 Å². The molecule has 2 unspecified atom stereocenters. The molecule has 0 radical (unpaired) electrons. The summed E-state index contributed by atoms with van der Waals surface area (Å²) >= 11 is 0. The molecule has 0 fully saturated rings. The van der Waals surface area contributed by atoms with Gasteiger partial charge in [-0.2, -0.15) is 0 Å². The van der Waals surface area contributed by atoms with Gasteiger partial charge >= 0.3 is 0 Å². The first-order valence-corrected chi connectivity index (χ1v) is 4.34. The summed E-state index contributed by atoms with van der Waals surface area (Å²) in [5, 5.41) is 0. The monoisotopic (exact) mass is 172 g/mol. The maximum Gasteiger partial charge on any atom is 0.0543 e. The average molecular weight is 172 g/mol. The molecule has 0 aliphatic rings. The molecule has 3 heteroatoms. The molecule has 3 N–H and O–H groups in total. The minimum atomic E-state index is 0.311. The Balaban J connectivity index is 3.49. The SMILES string of the molecule is C=CCC(CCC(C)OC)NN. The molecule has 12 heavy (non-hydrogen) atoms. The first-order valence-electron chi connectivity index (χ1n) is 4.34. The normalized spacial score (nSPS) is 15.6. The molecule has 3 nitrogen and oxygen atoms in total. The van der Waals surface area contributed by atoms with E-state index in [1.54, 1.807) is 7.11 Å². The second-order valence-electron chi connectivity index (χ2n) is 3.01. The summed E-state index contributed by atoms with van der Waals surface area (Å²) in [5.41, 5.74) is 2.76. The third-order valence-corrected chi connectivity index (χ3v) is 2.01. The van der Waals surface area contributed by atoms with Gasteiger partial charge in [0.15, 0.2) is 0 Å². The molecular weight excluding hydrogens is 152 g/mol. The number of hydrazine groups is 1. The first-order chi connectivity index (χ1) is 5.74. The summed E-state index contributed by atoms with van der Waals surface area (Å²) in [4.78, 5) is 0. The van der Waals surface area contributed by atoms with Crippen molar-refractivity contribution in [3.05, 3.63) is 12.7 Å². The molecule has 0 aliphatic heterocycles. The van der Waals surface area contributed by atoms with E-state index in [1.807, 2.05) is 6.08 Å². The Hall–Kier alpha value is -0.380. The van der Waals surface area contributed by atoms with Crippen LogP contribution in [0, 0.1) is 0 Å². The zero-order valence-electron chi connectivity index (χ0n) is 8.05. The number of rotatable bonds is 7. The van der Waals surface area contributed by atoms with Gasteiger partial charge in [-0.15, -0.1) is 6.58 Å². The zero-order valence-corrected chi connectivity index (χ0v) is 8.05. The summed E-state index contributed by atoms with van der Waals surface area (Å²) in [6.45, 7) is 5.73. The van der Waals surface area contributed by atoms with Crippen LogP contribution < -0.4 is 11.3 Å². The van der Waals surface area contributed by atoms with E-state index in [-0.39, 0.29) is 0 Å². The molecule has 0 heterocycles. The maximum absolute atomic E-state index is 5.35. The Morgan fingerprint density at radius 1 is 1.58 bits per heavy atom. The standard InChI is InChI=1S/C9H20N2O/c1-4-5-9(11-10)7-6-8(2)12-3/h4,8-9,11H,1,5-7,10H2,2-3H3. The van der Waals surface area contributed by atoms with Crippen molar-refractivity contribution in [1.82, 2.24) is 5.43 Å². The van der Waals surface area contributed by atoms with Gasteiger partial charge in [0.1, 0.15) is 0 Å². The van der Waals surface area contributed by atoms with Crippen molar-refractivity contribution >= 4 is 0 Å². The van der Waals surface area contributed by atoms with Crippen LogP contribution in [0.3, 0.4) is 0 Å². The van der Waals surface area contributed by atoms with Gasteiger partial charge in [0.25, 0.3) is 0 Å². The largest absolute Gasteiger partial charge is 0.382 e. The molecule has 0 spiro atoms. The highest BCUT2D eigenvalue weighted by Crippen LogP contribution is 2.06. The van der Waals surface area contributed by atoms with Crippen molar-refractivity contribution in [2.75, 3.05) is 7.11 Å². The van der Waals surface area contributed by atoms with Crippen LogP contribution in [0.2, 0.25) is 0 Å². The lowest BCUT2D eigenvalue weighted by Gasteiger charge is -2.15. The second kappa shape index (κ2) is 7.28. The number of methoxy groups -OCH3 is 1. The third-order valence-electron chi connectivity index (χ3n) is 2.01.